The van der Waals surface area contributed by atoms with E-state index in [9.17, 15) is 4.79 Å². The van der Waals surface area contributed by atoms with Gasteiger partial charge in [-0.15, -0.1) is 5.10 Å². The standard InChI is InChI=1S/C25H24ClN5O4/c1-33-14-15-35-25-29-23(17-6-12-22(34-2)13-7-17)31(30-25)21-10-8-19(9-11-21)27-24(32)28-20-5-3-4-18(26)16-20/h3-13,16H,14-15H2,1-2H3,(H2,27,28,32). The summed E-state index contributed by atoms with van der Waals surface area (Å²) in [5.74, 6) is 1.34. The molecule has 35 heavy (non-hydrogen) atoms. The molecule has 0 aliphatic rings. The van der Waals surface area contributed by atoms with Gasteiger partial charge >= 0.3 is 12.0 Å². The topological polar surface area (TPSA) is 99.5 Å². The molecule has 1 heterocycles. The molecule has 4 rings (SSSR count). The minimum absolute atomic E-state index is 0.232. The second-order valence-electron chi connectivity index (χ2n) is 7.34. The first-order valence-corrected chi connectivity index (χ1v) is 11.1. The number of nitrogens with zero attached hydrogens (tertiary/aromatic N) is 3. The van der Waals surface area contributed by atoms with E-state index in [4.69, 9.17) is 25.8 Å². The van der Waals surface area contributed by atoms with Crippen molar-refractivity contribution in [2.24, 2.45) is 0 Å². The number of urea groups is 1. The van der Waals surface area contributed by atoms with Crippen LogP contribution in [0.3, 0.4) is 0 Å². The number of rotatable bonds is 9. The van der Waals surface area contributed by atoms with Gasteiger partial charge in [0.15, 0.2) is 5.82 Å². The van der Waals surface area contributed by atoms with Crippen molar-refractivity contribution in [1.82, 2.24) is 14.8 Å². The summed E-state index contributed by atoms with van der Waals surface area (Å²) in [6.45, 7) is 0.747. The molecule has 0 atom stereocenters. The number of hydrogen-bond acceptors (Lipinski definition) is 6. The molecule has 0 fully saturated rings. The van der Waals surface area contributed by atoms with Crippen LogP contribution in [0.5, 0.6) is 11.8 Å². The molecule has 0 unspecified atom stereocenters. The number of amides is 2. The van der Waals surface area contributed by atoms with Gasteiger partial charge in [-0.2, -0.15) is 4.98 Å². The normalized spacial score (nSPS) is 10.6. The largest absolute Gasteiger partial charge is 0.497 e. The van der Waals surface area contributed by atoms with Crippen LogP contribution in [0.4, 0.5) is 16.2 Å². The summed E-state index contributed by atoms with van der Waals surface area (Å²) in [4.78, 5) is 16.9. The van der Waals surface area contributed by atoms with Gasteiger partial charge in [-0.1, -0.05) is 17.7 Å². The quantitative estimate of drug-likeness (QED) is 0.308. The van der Waals surface area contributed by atoms with Gasteiger partial charge in [-0.3, -0.25) is 0 Å². The van der Waals surface area contributed by atoms with E-state index in [1.54, 1.807) is 55.3 Å². The summed E-state index contributed by atoms with van der Waals surface area (Å²) in [5, 5.41) is 10.6. The van der Waals surface area contributed by atoms with Crippen LogP contribution < -0.4 is 20.1 Å². The predicted octanol–water partition coefficient (Wildman–Crippen LogP) is 5.27. The second kappa shape index (κ2) is 11.4. The molecule has 0 radical (unpaired) electrons. The second-order valence-corrected chi connectivity index (χ2v) is 7.77. The van der Waals surface area contributed by atoms with E-state index in [0.29, 0.717) is 35.4 Å². The van der Waals surface area contributed by atoms with Gasteiger partial charge in [-0.25, -0.2) is 9.48 Å². The first-order valence-electron chi connectivity index (χ1n) is 10.7. The van der Waals surface area contributed by atoms with Gasteiger partial charge in [0.1, 0.15) is 12.4 Å². The number of carbonyl (C=O) groups excluding carboxylic acids is 1. The number of ether oxygens (including phenoxy) is 3. The van der Waals surface area contributed by atoms with Gasteiger partial charge in [-0.05, 0) is 66.7 Å². The summed E-state index contributed by atoms with van der Waals surface area (Å²) >= 11 is 5.97. The van der Waals surface area contributed by atoms with Crippen LogP contribution in [0.15, 0.2) is 72.8 Å². The number of methoxy groups -OCH3 is 2. The van der Waals surface area contributed by atoms with E-state index in [2.05, 4.69) is 20.7 Å². The smallest absolute Gasteiger partial charge is 0.336 e. The molecule has 1 aromatic heterocycles. The van der Waals surface area contributed by atoms with Crippen molar-refractivity contribution in [3.63, 3.8) is 0 Å². The lowest BCUT2D eigenvalue weighted by atomic mass is 10.2. The first-order chi connectivity index (χ1) is 17.1. The lowest BCUT2D eigenvalue weighted by molar-refractivity contribution is 0.141. The molecule has 0 spiro atoms. The first kappa shape index (κ1) is 24.1. The molecule has 0 bridgehead atoms. The van der Waals surface area contributed by atoms with Crippen LogP contribution in [-0.4, -0.2) is 48.2 Å². The number of nitrogens with one attached hydrogen (secondary N) is 2. The molecule has 0 aliphatic heterocycles. The Balaban J connectivity index is 1.54. The number of hydrogen-bond donors (Lipinski definition) is 2. The van der Waals surface area contributed by atoms with Gasteiger partial charge in [0.05, 0.1) is 19.4 Å². The average Bonchev–Trinajstić information content (AvgIpc) is 3.29. The third kappa shape index (κ3) is 6.28. The zero-order valence-corrected chi connectivity index (χ0v) is 20.0. The van der Waals surface area contributed by atoms with Crippen molar-refractivity contribution in [1.29, 1.82) is 0 Å². The molecule has 180 valence electrons. The minimum atomic E-state index is -0.381. The number of aromatic nitrogens is 3. The Bertz CT molecular complexity index is 1280. The Morgan fingerprint density at radius 1 is 0.943 bits per heavy atom. The maximum atomic E-state index is 12.3. The highest BCUT2D eigenvalue weighted by atomic mass is 35.5. The number of halogens is 1. The minimum Gasteiger partial charge on any atom is -0.497 e. The molecule has 0 saturated heterocycles. The molecule has 9 nitrogen and oxygen atoms in total. The molecule has 2 amide bonds. The third-order valence-corrected chi connectivity index (χ3v) is 5.14. The Morgan fingerprint density at radius 3 is 2.37 bits per heavy atom. The highest BCUT2D eigenvalue weighted by Gasteiger charge is 2.15. The van der Waals surface area contributed by atoms with Crippen LogP contribution in [0.1, 0.15) is 0 Å². The van der Waals surface area contributed by atoms with Crippen LogP contribution in [0, 0.1) is 0 Å². The SMILES string of the molecule is COCCOc1nc(-c2ccc(OC)cc2)n(-c2ccc(NC(=O)Nc3cccc(Cl)c3)cc2)n1. The lowest BCUT2D eigenvalue weighted by Crippen LogP contribution is -2.19. The van der Waals surface area contributed by atoms with Gasteiger partial charge in [0.25, 0.3) is 0 Å². The van der Waals surface area contributed by atoms with E-state index in [1.165, 1.54) is 0 Å². The van der Waals surface area contributed by atoms with E-state index >= 15 is 0 Å². The van der Waals surface area contributed by atoms with E-state index in [0.717, 1.165) is 17.0 Å². The fourth-order valence-corrected chi connectivity index (χ4v) is 3.41. The van der Waals surface area contributed by atoms with Crippen molar-refractivity contribution in [2.45, 2.75) is 0 Å². The van der Waals surface area contributed by atoms with Crippen LogP contribution in [0.2, 0.25) is 5.02 Å². The highest BCUT2D eigenvalue weighted by Crippen LogP contribution is 2.26. The number of anilines is 2. The van der Waals surface area contributed by atoms with Crippen molar-refractivity contribution in [3.8, 4) is 28.8 Å². The summed E-state index contributed by atoms with van der Waals surface area (Å²) in [6, 6.07) is 21.5. The summed E-state index contributed by atoms with van der Waals surface area (Å²) < 4.78 is 17.6. The van der Waals surface area contributed by atoms with Gasteiger partial charge in [0, 0.05) is 29.1 Å². The monoisotopic (exact) mass is 493 g/mol. The van der Waals surface area contributed by atoms with E-state index in [-0.39, 0.29) is 12.0 Å². The molecular formula is C25H24ClN5O4. The van der Waals surface area contributed by atoms with E-state index < -0.39 is 0 Å². The highest BCUT2D eigenvalue weighted by molar-refractivity contribution is 6.30. The lowest BCUT2D eigenvalue weighted by Gasteiger charge is -2.10. The van der Waals surface area contributed by atoms with Crippen molar-refractivity contribution in [3.05, 3.63) is 77.8 Å². The maximum absolute atomic E-state index is 12.3. The molecule has 0 aliphatic carbocycles. The zero-order chi connectivity index (χ0) is 24.6. The number of benzene rings is 3. The fourth-order valence-electron chi connectivity index (χ4n) is 3.22. The van der Waals surface area contributed by atoms with E-state index in [1.807, 2.05) is 36.4 Å². The van der Waals surface area contributed by atoms with Crippen molar-refractivity contribution in [2.75, 3.05) is 38.1 Å². The van der Waals surface area contributed by atoms with Crippen LogP contribution in [0.25, 0.3) is 17.1 Å². The molecule has 0 saturated carbocycles. The Morgan fingerprint density at radius 2 is 1.69 bits per heavy atom. The van der Waals surface area contributed by atoms with Crippen molar-refractivity contribution < 1.29 is 19.0 Å². The Labute approximate surface area is 207 Å². The Hall–Kier alpha value is -4.08. The molecule has 3 aromatic carbocycles. The van der Waals surface area contributed by atoms with Crippen molar-refractivity contribution >= 4 is 29.0 Å². The van der Waals surface area contributed by atoms with Gasteiger partial charge in [0.2, 0.25) is 0 Å². The maximum Gasteiger partial charge on any atom is 0.336 e. The third-order valence-electron chi connectivity index (χ3n) is 4.91. The predicted molar refractivity (Wildman–Crippen MR) is 135 cm³/mol. The van der Waals surface area contributed by atoms with Gasteiger partial charge < -0.3 is 24.8 Å². The molecule has 2 N–H and O–H groups in total. The fraction of sp³-hybridized carbons (Fsp3) is 0.160. The Kier molecular flexibility index (Phi) is 7.81. The average molecular weight is 494 g/mol. The zero-order valence-electron chi connectivity index (χ0n) is 19.2. The number of carbonyl (C=O) groups is 1. The molecule has 10 heteroatoms. The molecule has 4 aromatic rings. The van der Waals surface area contributed by atoms with Crippen LogP contribution in [-0.2, 0) is 4.74 Å². The summed E-state index contributed by atoms with van der Waals surface area (Å²) in [5.41, 5.74) is 2.78. The van der Waals surface area contributed by atoms with Crippen LogP contribution >= 0.6 is 11.6 Å². The molecular weight excluding hydrogens is 470 g/mol. The summed E-state index contributed by atoms with van der Waals surface area (Å²) in [6.07, 6.45) is 0. The summed E-state index contributed by atoms with van der Waals surface area (Å²) in [7, 11) is 3.22.